The highest BCUT2D eigenvalue weighted by Gasteiger charge is 2.48. The number of benzene rings is 7. The first-order valence-corrected chi connectivity index (χ1v) is 23.8. The number of rotatable bonds is 3. The van der Waals surface area contributed by atoms with Gasteiger partial charge in [-0.2, -0.15) is 0 Å². The highest BCUT2D eigenvalue weighted by Crippen LogP contribution is 2.55. The van der Waals surface area contributed by atoms with Crippen LogP contribution in [0.15, 0.2) is 127 Å². The average molecular weight is 840 g/mol. The van der Waals surface area contributed by atoms with Gasteiger partial charge in [0, 0.05) is 52.7 Å². The van der Waals surface area contributed by atoms with E-state index in [1.807, 2.05) is 23.5 Å². The smallest absolute Gasteiger partial charge is 0.252 e. The van der Waals surface area contributed by atoms with Gasteiger partial charge in [-0.15, -0.1) is 11.3 Å². The first-order valence-electron chi connectivity index (χ1n) is 24.5. The van der Waals surface area contributed by atoms with Crippen molar-refractivity contribution in [2.75, 3.05) is 9.80 Å². The SMILES string of the molecule is [2H]C([2H])([2H])c1cc2c3c(c1)N(c1cccc4sc5ccccc5c14)c1ccc(-c4ccccc4)cc1B3c1cc3c(cc1N2c1cc2c(cc1C)C(C)(C)CC2(C)C)C(C)(C)CCC3(C)C. The van der Waals surface area contributed by atoms with Crippen LogP contribution in [0.5, 0.6) is 0 Å². The van der Waals surface area contributed by atoms with Crippen LogP contribution in [0.4, 0.5) is 34.1 Å². The Morgan fingerprint density at radius 3 is 1.84 bits per heavy atom. The summed E-state index contributed by atoms with van der Waals surface area (Å²) in [5, 5.41) is 2.40. The van der Waals surface area contributed by atoms with E-state index in [4.69, 9.17) is 4.11 Å². The Bertz CT molecular complexity index is 3370. The molecule has 2 nitrogen and oxygen atoms in total. The fraction of sp³-hybridized carbons (Fsp3) is 0.288. The normalized spacial score (nSPS) is 19.1. The van der Waals surface area contributed by atoms with Gasteiger partial charge in [0.15, 0.2) is 0 Å². The average Bonchev–Trinajstić information content (AvgIpc) is 3.74. The minimum Gasteiger partial charge on any atom is -0.311 e. The number of nitrogens with zero attached hydrogens (tertiary/aromatic N) is 2. The third-order valence-corrected chi connectivity index (χ3v) is 16.8. The number of aryl methyl sites for hydroxylation is 2. The van der Waals surface area contributed by atoms with Crippen molar-refractivity contribution >= 4 is 88.7 Å². The summed E-state index contributed by atoms with van der Waals surface area (Å²) in [7, 11) is 0. The van der Waals surface area contributed by atoms with E-state index in [2.05, 4.69) is 187 Å². The van der Waals surface area contributed by atoms with E-state index in [9.17, 15) is 0 Å². The molecule has 312 valence electrons. The highest BCUT2D eigenvalue weighted by atomic mass is 32.1. The molecule has 2 aliphatic heterocycles. The van der Waals surface area contributed by atoms with Crippen LogP contribution in [0, 0.1) is 13.8 Å². The molecule has 7 aromatic carbocycles. The number of anilines is 6. The van der Waals surface area contributed by atoms with Crippen LogP contribution >= 0.6 is 11.3 Å². The van der Waals surface area contributed by atoms with Gasteiger partial charge in [-0.3, -0.25) is 0 Å². The largest absolute Gasteiger partial charge is 0.311 e. The Labute approximate surface area is 382 Å². The summed E-state index contributed by atoms with van der Waals surface area (Å²) in [5.74, 6) is 0. The van der Waals surface area contributed by atoms with Gasteiger partial charge in [0.25, 0.3) is 6.71 Å². The molecular weight excluding hydrogens is 780 g/mol. The molecule has 0 N–H and O–H groups in total. The fourth-order valence-corrected chi connectivity index (χ4v) is 13.8. The first kappa shape index (κ1) is 35.8. The van der Waals surface area contributed by atoms with Crippen molar-refractivity contribution in [3.63, 3.8) is 0 Å². The van der Waals surface area contributed by atoms with Gasteiger partial charge in [0.1, 0.15) is 0 Å². The van der Waals surface area contributed by atoms with Crippen LogP contribution in [-0.2, 0) is 21.7 Å². The summed E-state index contributed by atoms with van der Waals surface area (Å²) in [6, 6.07) is 47.2. The lowest BCUT2D eigenvalue weighted by atomic mass is 9.33. The highest BCUT2D eigenvalue weighted by molar-refractivity contribution is 7.26. The number of thiophene rings is 1. The second-order valence-electron chi connectivity index (χ2n) is 21.8. The van der Waals surface area contributed by atoms with Crippen molar-refractivity contribution in [3.05, 3.63) is 161 Å². The minimum atomic E-state index is -2.36. The van der Waals surface area contributed by atoms with Gasteiger partial charge < -0.3 is 9.80 Å². The zero-order chi connectivity index (χ0) is 46.0. The molecule has 0 fully saturated rings. The van der Waals surface area contributed by atoms with Gasteiger partial charge in [-0.25, -0.2) is 0 Å². The van der Waals surface area contributed by atoms with Crippen molar-refractivity contribution in [2.24, 2.45) is 0 Å². The number of hydrogen-bond donors (Lipinski definition) is 0. The topological polar surface area (TPSA) is 6.48 Å². The quantitative estimate of drug-likeness (QED) is 0.164. The van der Waals surface area contributed by atoms with Crippen LogP contribution in [0.1, 0.15) is 112 Å². The van der Waals surface area contributed by atoms with E-state index in [1.54, 1.807) is 0 Å². The molecule has 0 unspecified atom stereocenters. The predicted octanol–water partition coefficient (Wildman–Crippen LogP) is 14.7. The summed E-state index contributed by atoms with van der Waals surface area (Å²) in [5.41, 5.74) is 19.4. The monoisotopic (exact) mass is 839 g/mol. The molecule has 4 heteroatoms. The maximum absolute atomic E-state index is 9.16. The maximum atomic E-state index is 9.16. The van der Waals surface area contributed by atoms with E-state index in [-0.39, 0.29) is 28.4 Å². The Morgan fingerprint density at radius 2 is 1.11 bits per heavy atom. The van der Waals surface area contributed by atoms with Gasteiger partial charge in [0.05, 0.1) is 5.69 Å². The van der Waals surface area contributed by atoms with E-state index in [0.717, 1.165) is 58.8 Å². The first-order chi connectivity index (χ1) is 31.2. The third kappa shape index (κ3) is 5.56. The van der Waals surface area contributed by atoms with Gasteiger partial charge in [0.2, 0.25) is 0 Å². The van der Waals surface area contributed by atoms with E-state index < -0.39 is 6.85 Å². The van der Waals surface area contributed by atoms with Crippen LogP contribution in [-0.4, -0.2) is 6.71 Å². The van der Waals surface area contributed by atoms with E-state index in [0.29, 0.717) is 5.56 Å². The molecule has 0 bridgehead atoms. The zero-order valence-corrected chi connectivity index (χ0v) is 38.9. The maximum Gasteiger partial charge on any atom is 0.252 e. The van der Waals surface area contributed by atoms with Crippen molar-refractivity contribution in [2.45, 2.75) is 110 Å². The van der Waals surface area contributed by atoms with Crippen LogP contribution in [0.25, 0.3) is 31.3 Å². The second kappa shape index (κ2) is 13.0. The summed E-state index contributed by atoms with van der Waals surface area (Å²) < 4.78 is 29.9. The molecule has 0 saturated carbocycles. The Kier molecular flexibility index (Phi) is 7.40. The zero-order valence-electron chi connectivity index (χ0n) is 41.1. The molecule has 1 aromatic heterocycles. The molecular formula is C59H57BN2S. The van der Waals surface area contributed by atoms with Crippen LogP contribution in [0.3, 0.4) is 0 Å². The standard InChI is InChI=1S/C59H57BN2S/c1-35-27-50-55-51(28-35)62(48-32-43-40(29-36(48)2)58(7,8)34-59(43,9)10)49-33-42-41(56(3,4)25-26-57(42,5)6)31-45(49)60(55)44-30-38(37-17-12-11-13-18-37)23-24-46(44)61(50)47-20-16-22-53-54(47)39-19-14-15-21-52(39)63-53/h11-24,27-33H,25-26,34H2,1-10H3/i1D3. The third-order valence-electron chi connectivity index (χ3n) is 15.7. The molecule has 12 rings (SSSR count). The number of hydrogen-bond acceptors (Lipinski definition) is 3. The lowest BCUT2D eigenvalue weighted by Gasteiger charge is -2.48. The Hall–Kier alpha value is -5.58. The van der Waals surface area contributed by atoms with Crippen LogP contribution in [0.2, 0.25) is 0 Å². The summed E-state index contributed by atoms with van der Waals surface area (Å²) in [6.45, 7) is 19.0. The molecule has 0 atom stereocenters. The van der Waals surface area contributed by atoms with Crippen molar-refractivity contribution in [1.29, 1.82) is 0 Å². The minimum absolute atomic E-state index is 0.0247. The van der Waals surface area contributed by atoms with Crippen molar-refractivity contribution in [3.8, 4) is 11.1 Å². The molecule has 0 saturated heterocycles. The summed E-state index contributed by atoms with van der Waals surface area (Å²) in [6.07, 6.45) is 3.27. The second-order valence-corrected chi connectivity index (χ2v) is 22.9. The molecule has 3 heterocycles. The Balaban J connectivity index is 1.25. The molecule has 0 spiro atoms. The van der Waals surface area contributed by atoms with Gasteiger partial charge >= 0.3 is 0 Å². The van der Waals surface area contributed by atoms with Crippen molar-refractivity contribution < 1.29 is 4.11 Å². The molecule has 0 radical (unpaired) electrons. The summed E-state index contributed by atoms with van der Waals surface area (Å²) in [4.78, 5) is 4.92. The predicted molar refractivity (Wildman–Crippen MR) is 274 cm³/mol. The summed E-state index contributed by atoms with van der Waals surface area (Å²) >= 11 is 1.82. The molecule has 63 heavy (non-hydrogen) atoms. The van der Waals surface area contributed by atoms with Gasteiger partial charge in [-0.1, -0.05) is 134 Å². The molecule has 4 aliphatic rings. The fourth-order valence-electron chi connectivity index (χ4n) is 12.7. The van der Waals surface area contributed by atoms with E-state index >= 15 is 0 Å². The Morgan fingerprint density at radius 1 is 0.508 bits per heavy atom. The van der Waals surface area contributed by atoms with E-state index in [1.165, 1.54) is 70.0 Å². The van der Waals surface area contributed by atoms with Crippen molar-refractivity contribution in [1.82, 2.24) is 0 Å². The number of fused-ring (bicyclic) bond motifs is 9. The molecule has 0 amide bonds. The lowest BCUT2D eigenvalue weighted by molar-refractivity contribution is 0.332. The lowest BCUT2D eigenvalue weighted by Crippen LogP contribution is -2.62. The molecule has 8 aromatic rings. The molecule has 2 aliphatic carbocycles. The van der Waals surface area contributed by atoms with Gasteiger partial charge in [-0.05, 0) is 164 Å². The van der Waals surface area contributed by atoms with Crippen LogP contribution < -0.4 is 26.2 Å².